The Labute approximate surface area is 204 Å². The van der Waals surface area contributed by atoms with Crippen LogP contribution in [0.3, 0.4) is 0 Å². The molecule has 0 aliphatic carbocycles. The first-order valence-corrected chi connectivity index (χ1v) is 11.5. The minimum Gasteiger partial charge on any atom is -0.308 e. The molecule has 0 unspecified atom stereocenters. The number of pyridine rings is 2. The van der Waals surface area contributed by atoms with Crippen molar-refractivity contribution < 1.29 is 4.79 Å². The van der Waals surface area contributed by atoms with Crippen molar-refractivity contribution in [3.63, 3.8) is 0 Å². The molecule has 0 spiro atoms. The Morgan fingerprint density at radius 1 is 0.941 bits per heavy atom. The Kier molecular flexibility index (Phi) is 5.91. The summed E-state index contributed by atoms with van der Waals surface area (Å²) in [5, 5.41) is 16.0. The molecule has 0 radical (unpaired) electrons. The summed E-state index contributed by atoms with van der Waals surface area (Å²) in [5.74, 6) is 0. The first-order chi connectivity index (χ1) is 16.6. The molecule has 34 heavy (non-hydrogen) atoms. The van der Waals surface area contributed by atoms with Crippen LogP contribution < -0.4 is 10.6 Å². The van der Waals surface area contributed by atoms with Crippen LogP contribution in [-0.4, -0.2) is 16.0 Å². The van der Waals surface area contributed by atoms with Gasteiger partial charge < -0.3 is 10.6 Å². The van der Waals surface area contributed by atoms with Crippen LogP contribution in [0.1, 0.15) is 5.56 Å². The van der Waals surface area contributed by atoms with E-state index < -0.39 is 0 Å². The molecular formula is C26H16ClN5OS. The molecule has 0 saturated heterocycles. The minimum absolute atomic E-state index is 0.380. The molecule has 0 atom stereocenters. The second-order valence-electron chi connectivity index (χ2n) is 7.39. The van der Waals surface area contributed by atoms with Crippen LogP contribution in [-0.2, 0) is 0 Å². The number of rotatable bonds is 4. The van der Waals surface area contributed by atoms with Gasteiger partial charge in [0.15, 0.2) is 0 Å². The zero-order valence-corrected chi connectivity index (χ0v) is 19.2. The molecule has 3 aromatic heterocycles. The van der Waals surface area contributed by atoms with Gasteiger partial charge in [0.05, 0.1) is 15.8 Å². The lowest BCUT2D eigenvalue weighted by Crippen LogP contribution is -2.19. The van der Waals surface area contributed by atoms with Crippen molar-refractivity contribution in [1.82, 2.24) is 9.97 Å². The molecule has 8 heteroatoms. The van der Waals surface area contributed by atoms with Gasteiger partial charge in [0.25, 0.3) is 0 Å². The number of nitriles is 1. The highest BCUT2D eigenvalue weighted by Gasteiger charge is 2.16. The third kappa shape index (κ3) is 4.46. The normalized spacial score (nSPS) is 10.6. The van der Waals surface area contributed by atoms with Gasteiger partial charge in [-0.05, 0) is 54.1 Å². The van der Waals surface area contributed by atoms with Gasteiger partial charge >= 0.3 is 6.03 Å². The van der Waals surface area contributed by atoms with Crippen LogP contribution in [0.15, 0.2) is 85.3 Å². The largest absolute Gasteiger partial charge is 0.323 e. The monoisotopic (exact) mass is 481 g/mol. The summed E-state index contributed by atoms with van der Waals surface area (Å²) >= 11 is 7.46. The van der Waals surface area contributed by atoms with E-state index in [4.69, 9.17) is 11.6 Å². The summed E-state index contributed by atoms with van der Waals surface area (Å²) in [7, 11) is 0. The number of carbonyl (C=O) groups is 1. The van der Waals surface area contributed by atoms with E-state index in [1.165, 1.54) is 0 Å². The molecule has 164 valence electrons. The highest BCUT2D eigenvalue weighted by molar-refractivity contribution is 7.22. The number of anilines is 2. The van der Waals surface area contributed by atoms with E-state index in [1.54, 1.807) is 60.3 Å². The molecule has 2 aromatic carbocycles. The zero-order valence-electron chi connectivity index (χ0n) is 17.6. The maximum Gasteiger partial charge on any atom is 0.323 e. The predicted molar refractivity (Wildman–Crippen MR) is 137 cm³/mol. The van der Waals surface area contributed by atoms with Crippen molar-refractivity contribution in [2.45, 2.75) is 0 Å². The average Bonchev–Trinajstić information content (AvgIpc) is 3.30. The number of urea groups is 1. The number of hydrogen-bond acceptors (Lipinski definition) is 5. The third-order valence-electron chi connectivity index (χ3n) is 5.12. The number of nitrogens with one attached hydrogen (secondary N) is 2. The summed E-state index contributed by atoms with van der Waals surface area (Å²) in [6.45, 7) is 0. The molecule has 2 amide bonds. The van der Waals surface area contributed by atoms with Crippen molar-refractivity contribution >= 4 is 50.6 Å². The number of hydrogen-bond donors (Lipinski definition) is 2. The number of fused-ring (bicyclic) bond motifs is 1. The van der Waals surface area contributed by atoms with Crippen molar-refractivity contribution in [2.75, 3.05) is 10.6 Å². The van der Waals surface area contributed by atoms with Gasteiger partial charge in [-0.2, -0.15) is 5.26 Å². The van der Waals surface area contributed by atoms with Gasteiger partial charge in [-0.3, -0.25) is 9.97 Å². The Bertz CT molecular complexity index is 1540. The van der Waals surface area contributed by atoms with Crippen LogP contribution in [0, 0.1) is 11.3 Å². The van der Waals surface area contributed by atoms with Gasteiger partial charge in [-0.25, -0.2) is 4.79 Å². The zero-order chi connectivity index (χ0) is 23.5. The van der Waals surface area contributed by atoms with Gasteiger partial charge in [0, 0.05) is 51.0 Å². The standard InChI is InChI=1S/C26H16ClN5OS/c27-19-6-8-20(9-7-19)31-26(33)32-21-5-1-3-16(11-21)24-18(13-28)15-30-22-12-23(34-25(22)24)17-4-2-10-29-14-17/h1-12,14-15H,(H2,31,32,33). The van der Waals surface area contributed by atoms with E-state index in [0.717, 1.165) is 31.8 Å². The molecule has 3 heterocycles. The number of thiophene rings is 1. The molecule has 0 aliphatic rings. The lowest BCUT2D eigenvalue weighted by molar-refractivity contribution is 0.262. The van der Waals surface area contributed by atoms with Crippen LogP contribution in [0.25, 0.3) is 31.8 Å². The van der Waals surface area contributed by atoms with Crippen molar-refractivity contribution in [3.8, 4) is 27.6 Å². The molecule has 6 nitrogen and oxygen atoms in total. The Balaban J connectivity index is 1.49. The second-order valence-corrected chi connectivity index (χ2v) is 8.88. The van der Waals surface area contributed by atoms with E-state index in [9.17, 15) is 10.1 Å². The number of benzene rings is 2. The number of amides is 2. The molecular weight excluding hydrogens is 466 g/mol. The molecule has 0 aliphatic heterocycles. The molecule has 0 fully saturated rings. The highest BCUT2D eigenvalue weighted by Crippen LogP contribution is 2.40. The molecule has 5 aromatic rings. The number of carbonyl (C=O) groups excluding carboxylic acids is 1. The minimum atomic E-state index is -0.380. The van der Waals surface area contributed by atoms with E-state index in [0.29, 0.717) is 22.0 Å². The Morgan fingerprint density at radius 3 is 2.50 bits per heavy atom. The SMILES string of the molecule is N#Cc1cnc2cc(-c3cccnc3)sc2c1-c1cccc(NC(=O)Nc2ccc(Cl)cc2)c1. The second kappa shape index (κ2) is 9.32. The smallest absolute Gasteiger partial charge is 0.308 e. The van der Waals surface area contributed by atoms with E-state index in [2.05, 4.69) is 26.7 Å². The maximum absolute atomic E-state index is 12.5. The van der Waals surface area contributed by atoms with Crippen molar-refractivity contribution in [2.24, 2.45) is 0 Å². The van der Waals surface area contributed by atoms with Crippen LogP contribution >= 0.6 is 22.9 Å². The Hall–Kier alpha value is -4.25. The molecule has 5 rings (SSSR count). The first kappa shape index (κ1) is 21.6. The van der Waals surface area contributed by atoms with Gasteiger partial charge in [-0.15, -0.1) is 11.3 Å². The lowest BCUT2D eigenvalue weighted by atomic mass is 10.0. The van der Waals surface area contributed by atoms with Crippen molar-refractivity contribution in [3.05, 3.63) is 95.9 Å². The number of halogens is 1. The molecule has 0 bridgehead atoms. The van der Waals surface area contributed by atoms with Gasteiger partial charge in [0.2, 0.25) is 0 Å². The van der Waals surface area contributed by atoms with E-state index >= 15 is 0 Å². The van der Waals surface area contributed by atoms with Crippen LogP contribution in [0.4, 0.5) is 16.2 Å². The summed E-state index contributed by atoms with van der Waals surface area (Å²) in [6, 6.07) is 22.0. The quantitative estimate of drug-likeness (QED) is 0.284. The van der Waals surface area contributed by atoms with E-state index in [1.807, 2.05) is 36.4 Å². The summed E-state index contributed by atoms with van der Waals surface area (Å²) in [5.41, 5.74) is 5.09. The van der Waals surface area contributed by atoms with Crippen LogP contribution in [0.2, 0.25) is 5.02 Å². The third-order valence-corrected chi connectivity index (χ3v) is 6.56. The first-order valence-electron chi connectivity index (χ1n) is 10.3. The summed E-state index contributed by atoms with van der Waals surface area (Å²) in [4.78, 5) is 22.2. The molecule has 0 saturated carbocycles. The van der Waals surface area contributed by atoms with E-state index in [-0.39, 0.29) is 6.03 Å². The fourth-order valence-electron chi connectivity index (χ4n) is 3.58. The lowest BCUT2D eigenvalue weighted by Gasteiger charge is -2.10. The highest BCUT2D eigenvalue weighted by atomic mass is 35.5. The predicted octanol–water partition coefficient (Wildman–Crippen LogP) is 7.19. The number of aromatic nitrogens is 2. The van der Waals surface area contributed by atoms with Gasteiger partial charge in [-0.1, -0.05) is 29.8 Å². The molecule has 2 N–H and O–H groups in total. The Morgan fingerprint density at radius 2 is 1.74 bits per heavy atom. The fraction of sp³-hybridized carbons (Fsp3) is 0. The van der Waals surface area contributed by atoms with Crippen LogP contribution in [0.5, 0.6) is 0 Å². The van der Waals surface area contributed by atoms with Crippen molar-refractivity contribution in [1.29, 1.82) is 5.26 Å². The maximum atomic E-state index is 12.5. The fourth-order valence-corrected chi connectivity index (χ4v) is 4.88. The summed E-state index contributed by atoms with van der Waals surface area (Å²) in [6.07, 6.45) is 5.13. The average molecular weight is 482 g/mol. The number of nitrogens with zero attached hydrogens (tertiary/aromatic N) is 3. The summed E-state index contributed by atoms with van der Waals surface area (Å²) < 4.78 is 0.903. The topological polar surface area (TPSA) is 90.7 Å². The van der Waals surface area contributed by atoms with Gasteiger partial charge in [0.1, 0.15) is 6.07 Å².